The van der Waals surface area contributed by atoms with Crippen molar-refractivity contribution in [3.63, 3.8) is 0 Å². The van der Waals surface area contributed by atoms with E-state index in [9.17, 15) is 0 Å². The fourth-order valence-electron chi connectivity index (χ4n) is 0.915. The molecular weight excluding hydrogens is 281 g/mol. The summed E-state index contributed by atoms with van der Waals surface area (Å²) < 4.78 is 5.97. The lowest BCUT2D eigenvalue weighted by atomic mass is 10.5. The van der Waals surface area contributed by atoms with Crippen molar-refractivity contribution in [2.45, 2.75) is 0 Å². The lowest BCUT2D eigenvalue weighted by Gasteiger charge is -2.03. The van der Waals surface area contributed by atoms with Crippen LogP contribution in [-0.4, -0.2) is 15.0 Å². The third-order valence-corrected chi connectivity index (χ3v) is 2.33. The van der Waals surface area contributed by atoms with Gasteiger partial charge in [0.15, 0.2) is 5.75 Å². The van der Waals surface area contributed by atoms with E-state index in [0.717, 1.165) is 0 Å². The van der Waals surface area contributed by atoms with Crippen LogP contribution in [0.3, 0.4) is 0 Å². The summed E-state index contributed by atoms with van der Waals surface area (Å²) in [5.74, 6) is 0.541. The van der Waals surface area contributed by atoms with Crippen LogP contribution in [0.4, 0.5) is 0 Å². The van der Waals surface area contributed by atoms with Gasteiger partial charge in [-0.15, -0.1) is 0 Å². The third kappa shape index (κ3) is 2.64. The van der Waals surface area contributed by atoms with Crippen molar-refractivity contribution in [3.05, 3.63) is 40.3 Å². The Morgan fingerprint density at radius 2 is 2.07 bits per heavy atom. The number of hydrogen-bond acceptors (Lipinski definition) is 4. The summed E-state index contributed by atoms with van der Waals surface area (Å²) in [7, 11) is 0. The smallest absolute Gasteiger partial charge is 0.323 e. The van der Waals surface area contributed by atoms with Gasteiger partial charge in [0.1, 0.15) is 9.76 Å². The number of hydrogen-bond donors (Lipinski definition) is 0. The van der Waals surface area contributed by atoms with E-state index in [1.165, 1.54) is 6.20 Å². The Bertz CT molecular complexity index is 480. The first-order valence-electron chi connectivity index (χ1n) is 4.02. The standard InChI is InChI=1S/C9H5BrClN3O/c10-8-6(2-1-4-12-8)15-9-13-5-3-7(11)14-9/h1-5H. The van der Waals surface area contributed by atoms with Crippen molar-refractivity contribution < 1.29 is 4.74 Å². The largest absolute Gasteiger partial charge is 0.421 e. The molecule has 0 atom stereocenters. The predicted molar refractivity (Wildman–Crippen MR) is 59.1 cm³/mol. The molecule has 2 rings (SSSR count). The lowest BCUT2D eigenvalue weighted by molar-refractivity contribution is 0.437. The van der Waals surface area contributed by atoms with Gasteiger partial charge in [-0.05, 0) is 34.1 Å². The van der Waals surface area contributed by atoms with Crippen molar-refractivity contribution >= 4 is 27.5 Å². The van der Waals surface area contributed by atoms with E-state index in [1.807, 2.05) is 0 Å². The second kappa shape index (κ2) is 4.55. The molecule has 2 heterocycles. The van der Waals surface area contributed by atoms with Crippen LogP contribution >= 0.6 is 27.5 Å². The molecule has 15 heavy (non-hydrogen) atoms. The van der Waals surface area contributed by atoms with E-state index in [0.29, 0.717) is 15.5 Å². The topological polar surface area (TPSA) is 47.9 Å². The highest BCUT2D eigenvalue weighted by atomic mass is 79.9. The van der Waals surface area contributed by atoms with Gasteiger partial charge in [-0.1, -0.05) is 11.6 Å². The van der Waals surface area contributed by atoms with E-state index in [1.54, 1.807) is 24.4 Å². The molecule has 76 valence electrons. The molecule has 6 heteroatoms. The fraction of sp³-hybridized carbons (Fsp3) is 0. The second-order valence-corrected chi connectivity index (χ2v) is 3.69. The molecule has 2 aromatic rings. The predicted octanol–water partition coefficient (Wildman–Crippen LogP) is 3.08. The Morgan fingerprint density at radius 3 is 2.80 bits per heavy atom. The molecule has 0 aliphatic heterocycles. The van der Waals surface area contributed by atoms with Gasteiger partial charge in [-0.2, -0.15) is 4.98 Å². The number of aromatic nitrogens is 3. The van der Waals surface area contributed by atoms with Gasteiger partial charge >= 0.3 is 6.01 Å². The van der Waals surface area contributed by atoms with Crippen LogP contribution in [0.25, 0.3) is 0 Å². The van der Waals surface area contributed by atoms with Crippen LogP contribution in [0.2, 0.25) is 5.15 Å². The van der Waals surface area contributed by atoms with Gasteiger partial charge in [0.2, 0.25) is 0 Å². The Labute approximate surface area is 99.4 Å². The Kier molecular flexibility index (Phi) is 3.13. The van der Waals surface area contributed by atoms with E-state index >= 15 is 0 Å². The van der Waals surface area contributed by atoms with E-state index < -0.39 is 0 Å². The van der Waals surface area contributed by atoms with Gasteiger partial charge in [0, 0.05) is 12.4 Å². The molecule has 0 fully saturated rings. The summed E-state index contributed by atoms with van der Waals surface area (Å²) in [5, 5.41) is 0.333. The highest BCUT2D eigenvalue weighted by Gasteiger charge is 2.04. The monoisotopic (exact) mass is 285 g/mol. The minimum atomic E-state index is 0.191. The lowest BCUT2D eigenvalue weighted by Crippen LogP contribution is -1.92. The maximum absolute atomic E-state index is 5.69. The summed E-state index contributed by atoms with van der Waals surface area (Å²) >= 11 is 8.94. The van der Waals surface area contributed by atoms with Gasteiger partial charge in [-0.3, -0.25) is 0 Å². The van der Waals surface area contributed by atoms with Crippen LogP contribution < -0.4 is 4.74 Å². The Hall–Kier alpha value is -1.20. The highest BCUT2D eigenvalue weighted by Crippen LogP contribution is 2.25. The number of rotatable bonds is 2. The third-order valence-electron chi connectivity index (χ3n) is 1.53. The molecular formula is C9H5BrClN3O. The summed E-state index contributed by atoms with van der Waals surface area (Å²) in [6.07, 6.45) is 3.17. The Balaban J connectivity index is 2.26. The van der Waals surface area contributed by atoms with Crippen molar-refractivity contribution in [3.8, 4) is 11.8 Å². The maximum Gasteiger partial charge on any atom is 0.323 e. The highest BCUT2D eigenvalue weighted by molar-refractivity contribution is 9.10. The van der Waals surface area contributed by atoms with Crippen LogP contribution in [0, 0.1) is 0 Å². The molecule has 0 saturated heterocycles. The number of ether oxygens (including phenoxy) is 1. The van der Waals surface area contributed by atoms with Crippen molar-refractivity contribution in [2.24, 2.45) is 0 Å². The first-order chi connectivity index (χ1) is 7.25. The normalized spacial score (nSPS) is 10.0. The van der Waals surface area contributed by atoms with Gasteiger partial charge in [0.25, 0.3) is 0 Å². The molecule has 0 aliphatic rings. The van der Waals surface area contributed by atoms with E-state index in [-0.39, 0.29) is 6.01 Å². The molecule has 2 aromatic heterocycles. The Morgan fingerprint density at radius 1 is 1.20 bits per heavy atom. The molecule has 0 amide bonds. The molecule has 0 radical (unpaired) electrons. The summed E-state index contributed by atoms with van der Waals surface area (Å²) in [6.45, 7) is 0. The minimum absolute atomic E-state index is 0.191. The zero-order chi connectivity index (χ0) is 10.7. The minimum Gasteiger partial charge on any atom is -0.421 e. The second-order valence-electron chi connectivity index (χ2n) is 2.56. The first-order valence-corrected chi connectivity index (χ1v) is 5.20. The van der Waals surface area contributed by atoms with Gasteiger partial charge < -0.3 is 4.74 Å². The first kappa shape index (κ1) is 10.3. The molecule has 0 N–H and O–H groups in total. The van der Waals surface area contributed by atoms with Crippen LogP contribution in [0.15, 0.2) is 35.2 Å². The van der Waals surface area contributed by atoms with Crippen LogP contribution in [0.1, 0.15) is 0 Å². The van der Waals surface area contributed by atoms with E-state index in [2.05, 4.69) is 30.9 Å². The molecule has 0 spiro atoms. The summed E-state index contributed by atoms with van der Waals surface area (Å²) in [5.41, 5.74) is 0. The molecule has 4 nitrogen and oxygen atoms in total. The van der Waals surface area contributed by atoms with Crippen molar-refractivity contribution in [2.75, 3.05) is 0 Å². The summed E-state index contributed by atoms with van der Waals surface area (Å²) in [6, 6.07) is 5.27. The maximum atomic E-state index is 5.69. The molecule has 0 bridgehead atoms. The average molecular weight is 287 g/mol. The van der Waals surface area contributed by atoms with Gasteiger partial charge in [0.05, 0.1) is 0 Å². The average Bonchev–Trinajstić information content (AvgIpc) is 2.22. The summed E-state index contributed by atoms with van der Waals surface area (Å²) in [4.78, 5) is 11.8. The number of pyridine rings is 1. The van der Waals surface area contributed by atoms with Crippen molar-refractivity contribution in [1.82, 2.24) is 15.0 Å². The molecule has 0 unspecified atom stereocenters. The quantitative estimate of drug-likeness (QED) is 0.629. The number of halogens is 2. The van der Waals surface area contributed by atoms with Crippen molar-refractivity contribution in [1.29, 1.82) is 0 Å². The fourth-order valence-corrected chi connectivity index (χ4v) is 1.37. The molecule has 0 aliphatic carbocycles. The van der Waals surface area contributed by atoms with E-state index in [4.69, 9.17) is 16.3 Å². The number of nitrogens with zero attached hydrogens (tertiary/aromatic N) is 3. The zero-order valence-electron chi connectivity index (χ0n) is 7.39. The molecule has 0 saturated carbocycles. The van der Waals surface area contributed by atoms with Crippen LogP contribution in [0.5, 0.6) is 11.8 Å². The SMILES string of the molecule is Clc1ccnc(Oc2cccnc2Br)n1. The molecule has 0 aromatic carbocycles. The van der Waals surface area contributed by atoms with Crippen LogP contribution in [-0.2, 0) is 0 Å². The zero-order valence-corrected chi connectivity index (χ0v) is 9.73. The van der Waals surface area contributed by atoms with Gasteiger partial charge in [-0.25, -0.2) is 9.97 Å².